The Morgan fingerprint density at radius 1 is 1.39 bits per heavy atom. The summed E-state index contributed by atoms with van der Waals surface area (Å²) in [7, 11) is 1.93. The van der Waals surface area contributed by atoms with E-state index in [4.69, 9.17) is 4.74 Å². The van der Waals surface area contributed by atoms with Crippen molar-refractivity contribution >= 4 is 23.1 Å². The van der Waals surface area contributed by atoms with Crippen LogP contribution in [-0.4, -0.2) is 28.5 Å². The van der Waals surface area contributed by atoms with Gasteiger partial charge in [0.1, 0.15) is 6.10 Å². The molecule has 0 saturated carbocycles. The van der Waals surface area contributed by atoms with Crippen LogP contribution in [0.15, 0.2) is 10.8 Å². The van der Waals surface area contributed by atoms with Gasteiger partial charge in [-0.2, -0.15) is 5.10 Å². The number of hydrogen-bond donors (Lipinski definition) is 2. The molecular weight excluding hydrogens is 312 g/mol. The number of carbonyl (C=O) groups is 1. The summed E-state index contributed by atoms with van der Waals surface area (Å²) in [5.41, 5.74) is 5.05. The number of urea groups is 1. The van der Waals surface area contributed by atoms with Gasteiger partial charge in [-0.25, -0.2) is 4.79 Å². The van der Waals surface area contributed by atoms with Crippen LogP contribution in [0.25, 0.3) is 0 Å². The number of ether oxygens (including phenoxy) is 1. The Morgan fingerprint density at radius 3 is 2.78 bits per heavy atom. The summed E-state index contributed by atoms with van der Waals surface area (Å²) in [6.45, 7) is 6.63. The fraction of sp³-hybridized carbons (Fsp3) is 0.500. The lowest BCUT2D eigenvalue weighted by Crippen LogP contribution is -2.39. The van der Waals surface area contributed by atoms with Gasteiger partial charge in [0.15, 0.2) is 0 Å². The van der Waals surface area contributed by atoms with Crippen LogP contribution in [0.3, 0.4) is 0 Å². The van der Waals surface area contributed by atoms with Crippen LogP contribution < -0.4 is 10.6 Å². The zero-order chi connectivity index (χ0) is 16.6. The van der Waals surface area contributed by atoms with Crippen molar-refractivity contribution in [2.24, 2.45) is 7.05 Å². The molecule has 0 aromatic carbocycles. The van der Waals surface area contributed by atoms with Crippen LogP contribution in [0.4, 0.5) is 10.5 Å². The lowest BCUT2D eigenvalue weighted by Gasteiger charge is -2.21. The molecule has 0 spiro atoms. The van der Waals surface area contributed by atoms with Crippen molar-refractivity contribution in [2.45, 2.75) is 39.3 Å². The van der Waals surface area contributed by atoms with Crippen LogP contribution in [0.2, 0.25) is 0 Å². The minimum atomic E-state index is -0.189. The molecule has 2 amide bonds. The van der Waals surface area contributed by atoms with E-state index in [9.17, 15) is 4.79 Å². The molecule has 3 heterocycles. The molecule has 0 radical (unpaired) electrons. The van der Waals surface area contributed by atoms with Crippen molar-refractivity contribution in [3.63, 3.8) is 0 Å². The number of nitrogens with zero attached hydrogens (tertiary/aromatic N) is 2. The average molecular weight is 334 g/mol. The third-order valence-corrected chi connectivity index (χ3v) is 5.22. The quantitative estimate of drug-likeness (QED) is 0.906. The van der Waals surface area contributed by atoms with Gasteiger partial charge >= 0.3 is 6.03 Å². The highest BCUT2D eigenvalue weighted by molar-refractivity contribution is 7.08. The van der Waals surface area contributed by atoms with Crippen LogP contribution in [0, 0.1) is 20.8 Å². The predicted octanol–water partition coefficient (Wildman–Crippen LogP) is 3.06. The Hall–Kier alpha value is -1.86. The fourth-order valence-corrected chi connectivity index (χ4v) is 3.82. The number of carbonyl (C=O) groups excluding carboxylic acids is 1. The highest BCUT2D eigenvalue weighted by Crippen LogP contribution is 2.33. The minimum Gasteiger partial charge on any atom is -0.371 e. The Morgan fingerprint density at radius 2 is 2.17 bits per heavy atom. The van der Waals surface area contributed by atoms with Gasteiger partial charge in [0.25, 0.3) is 0 Å². The maximum Gasteiger partial charge on any atom is 0.319 e. The highest BCUT2D eigenvalue weighted by atomic mass is 32.1. The number of hydrogen-bond acceptors (Lipinski definition) is 4. The molecule has 2 N–H and O–H groups in total. The van der Waals surface area contributed by atoms with E-state index >= 15 is 0 Å². The molecule has 0 unspecified atom stereocenters. The molecule has 0 bridgehead atoms. The Balaban J connectivity index is 1.72. The number of rotatable bonds is 3. The molecule has 23 heavy (non-hydrogen) atoms. The molecular formula is C16H22N4O2S. The van der Waals surface area contributed by atoms with E-state index in [1.54, 1.807) is 11.3 Å². The van der Waals surface area contributed by atoms with Gasteiger partial charge in [0, 0.05) is 30.3 Å². The molecule has 1 fully saturated rings. The van der Waals surface area contributed by atoms with Crippen LogP contribution in [0.1, 0.15) is 35.0 Å². The number of aromatic nitrogens is 2. The maximum atomic E-state index is 12.3. The summed E-state index contributed by atoms with van der Waals surface area (Å²) < 4.78 is 7.75. The molecule has 1 aliphatic rings. The van der Waals surface area contributed by atoms with Crippen LogP contribution in [0.5, 0.6) is 0 Å². The highest BCUT2D eigenvalue weighted by Gasteiger charge is 2.34. The van der Waals surface area contributed by atoms with Gasteiger partial charge in [-0.3, -0.25) is 4.68 Å². The first kappa shape index (κ1) is 16.0. The number of thiophene rings is 1. The summed E-state index contributed by atoms with van der Waals surface area (Å²) >= 11 is 1.58. The Labute approximate surface area is 139 Å². The zero-order valence-electron chi connectivity index (χ0n) is 13.8. The lowest BCUT2D eigenvalue weighted by molar-refractivity contribution is 0.0993. The van der Waals surface area contributed by atoms with Crippen molar-refractivity contribution in [3.8, 4) is 0 Å². The van der Waals surface area contributed by atoms with Crippen LogP contribution >= 0.6 is 11.3 Å². The first-order valence-corrected chi connectivity index (χ1v) is 8.63. The molecule has 6 nitrogen and oxygen atoms in total. The van der Waals surface area contributed by atoms with Crippen molar-refractivity contribution in [1.29, 1.82) is 0 Å². The predicted molar refractivity (Wildman–Crippen MR) is 91.0 cm³/mol. The largest absolute Gasteiger partial charge is 0.371 e. The van der Waals surface area contributed by atoms with Crippen LogP contribution in [-0.2, 0) is 11.8 Å². The summed E-state index contributed by atoms with van der Waals surface area (Å²) in [4.78, 5) is 12.3. The van der Waals surface area contributed by atoms with Gasteiger partial charge in [0.2, 0.25) is 0 Å². The Bertz CT molecular complexity index is 722. The fourth-order valence-electron chi connectivity index (χ4n) is 3.04. The van der Waals surface area contributed by atoms with E-state index in [0.29, 0.717) is 6.61 Å². The third-order valence-electron chi connectivity index (χ3n) is 4.36. The van der Waals surface area contributed by atoms with Gasteiger partial charge < -0.3 is 15.4 Å². The van der Waals surface area contributed by atoms with Crippen molar-refractivity contribution < 1.29 is 9.53 Å². The number of nitrogens with one attached hydrogen (secondary N) is 2. The van der Waals surface area contributed by atoms with Crippen molar-refractivity contribution in [2.75, 3.05) is 11.9 Å². The van der Waals surface area contributed by atoms with E-state index < -0.39 is 0 Å². The van der Waals surface area contributed by atoms with E-state index in [0.717, 1.165) is 34.6 Å². The molecule has 2 atom stereocenters. The minimum absolute atomic E-state index is 0.0458. The Kier molecular flexibility index (Phi) is 4.41. The number of anilines is 1. The standard InChI is InChI=1S/C16H22N4O2S/c1-9-7-23-8-13(9)18-16(21)17-12-5-6-22-15(12)14-10(2)19-20(4)11(14)3/h7-8,12,15H,5-6H2,1-4H3,(H2,17,18,21)/t12-,15-/m0/s1. The maximum absolute atomic E-state index is 12.3. The van der Waals surface area contributed by atoms with E-state index in [1.807, 2.05) is 43.3 Å². The third kappa shape index (κ3) is 3.11. The smallest absolute Gasteiger partial charge is 0.319 e. The van der Waals surface area contributed by atoms with Crippen molar-refractivity contribution in [1.82, 2.24) is 15.1 Å². The molecule has 2 aromatic heterocycles. The second-order valence-corrected chi connectivity index (χ2v) is 6.71. The summed E-state index contributed by atoms with van der Waals surface area (Å²) in [5.74, 6) is 0. The van der Waals surface area contributed by atoms with E-state index in [-0.39, 0.29) is 18.2 Å². The zero-order valence-corrected chi connectivity index (χ0v) is 14.7. The molecule has 3 rings (SSSR count). The second kappa shape index (κ2) is 6.33. The van der Waals surface area contributed by atoms with Gasteiger partial charge in [-0.05, 0) is 38.1 Å². The van der Waals surface area contributed by atoms with Gasteiger partial charge in [-0.15, -0.1) is 11.3 Å². The van der Waals surface area contributed by atoms with Gasteiger partial charge in [-0.1, -0.05) is 0 Å². The van der Waals surface area contributed by atoms with Crippen molar-refractivity contribution in [3.05, 3.63) is 33.3 Å². The number of aryl methyl sites for hydroxylation is 3. The molecule has 7 heteroatoms. The molecule has 0 aliphatic carbocycles. The molecule has 1 saturated heterocycles. The first-order valence-electron chi connectivity index (χ1n) is 7.69. The normalized spacial score (nSPS) is 20.7. The second-order valence-electron chi connectivity index (χ2n) is 5.96. The molecule has 124 valence electrons. The number of amides is 2. The monoisotopic (exact) mass is 334 g/mol. The molecule has 1 aliphatic heterocycles. The summed E-state index contributed by atoms with van der Waals surface area (Å²) in [6.07, 6.45) is 0.659. The molecule has 2 aromatic rings. The summed E-state index contributed by atoms with van der Waals surface area (Å²) in [5, 5.41) is 14.4. The van der Waals surface area contributed by atoms with E-state index in [2.05, 4.69) is 15.7 Å². The van der Waals surface area contributed by atoms with E-state index in [1.165, 1.54) is 0 Å². The average Bonchev–Trinajstić information content (AvgIpc) is 3.15. The summed E-state index contributed by atoms with van der Waals surface area (Å²) in [6, 6.07) is -0.235. The SMILES string of the molecule is Cc1cscc1NC(=O)N[C@H]1CCO[C@@H]1c1c(C)nn(C)c1C. The van der Waals surface area contributed by atoms with Gasteiger partial charge in [0.05, 0.1) is 17.4 Å². The first-order chi connectivity index (χ1) is 11.0. The lowest BCUT2D eigenvalue weighted by atomic mass is 10.0. The topological polar surface area (TPSA) is 68.2 Å².